The van der Waals surface area contributed by atoms with Gasteiger partial charge in [-0.25, -0.2) is 4.39 Å². The molecule has 1 heterocycles. The molecule has 0 fully saturated rings. The molecule has 0 aliphatic heterocycles. The number of aryl methyl sites for hydroxylation is 1. The molecule has 5 heteroatoms. The molecule has 0 radical (unpaired) electrons. The van der Waals surface area contributed by atoms with Crippen LogP contribution in [0.1, 0.15) is 11.3 Å². The molecular formula is C13H11ClFN3. The number of anilines is 1. The predicted octanol–water partition coefficient (Wildman–Crippen LogP) is 3.30. The second-order valence-electron chi connectivity index (χ2n) is 3.91. The Hall–Kier alpha value is -1.99. The summed E-state index contributed by atoms with van der Waals surface area (Å²) in [7, 11) is 1.79. The highest BCUT2D eigenvalue weighted by atomic mass is 35.5. The van der Waals surface area contributed by atoms with E-state index >= 15 is 0 Å². The molecule has 0 atom stereocenters. The van der Waals surface area contributed by atoms with Crippen molar-refractivity contribution in [3.8, 4) is 6.07 Å². The normalized spacial score (nSPS) is 10.1. The first-order valence-corrected chi connectivity index (χ1v) is 5.73. The summed E-state index contributed by atoms with van der Waals surface area (Å²) in [5.74, 6) is -0.390. The van der Waals surface area contributed by atoms with E-state index in [9.17, 15) is 4.39 Å². The third-order valence-corrected chi connectivity index (χ3v) is 2.92. The first kappa shape index (κ1) is 12.5. The molecule has 1 N–H and O–H groups in total. The van der Waals surface area contributed by atoms with Crippen LogP contribution in [-0.4, -0.2) is 4.57 Å². The summed E-state index contributed by atoms with van der Waals surface area (Å²) in [6.07, 6.45) is 1.82. The number of rotatable bonds is 3. The third-order valence-electron chi connectivity index (χ3n) is 2.61. The highest BCUT2D eigenvalue weighted by molar-refractivity contribution is 6.33. The minimum absolute atomic E-state index is 0.279. The lowest BCUT2D eigenvalue weighted by Gasteiger charge is -2.08. The zero-order valence-electron chi connectivity index (χ0n) is 9.74. The number of aromatic nitrogens is 1. The Morgan fingerprint density at radius 3 is 2.89 bits per heavy atom. The van der Waals surface area contributed by atoms with Gasteiger partial charge < -0.3 is 9.88 Å². The van der Waals surface area contributed by atoms with Gasteiger partial charge in [-0.1, -0.05) is 17.7 Å². The number of para-hydroxylation sites is 1. The molecule has 0 amide bonds. The molecule has 0 spiro atoms. The maximum Gasteiger partial charge on any atom is 0.147 e. The minimum atomic E-state index is -0.390. The zero-order chi connectivity index (χ0) is 13.1. The molecule has 3 nitrogen and oxygen atoms in total. The van der Waals surface area contributed by atoms with Crippen LogP contribution < -0.4 is 5.32 Å². The van der Waals surface area contributed by atoms with Gasteiger partial charge in [0, 0.05) is 19.8 Å². The highest BCUT2D eigenvalue weighted by Crippen LogP contribution is 2.25. The quantitative estimate of drug-likeness (QED) is 0.923. The van der Waals surface area contributed by atoms with Gasteiger partial charge in [0.15, 0.2) is 0 Å². The molecule has 0 unspecified atom stereocenters. The Bertz CT molecular complexity index is 593. The minimum Gasteiger partial charge on any atom is -0.377 e. The van der Waals surface area contributed by atoms with Crippen LogP contribution in [0.5, 0.6) is 0 Å². The number of nitrogens with one attached hydrogen (secondary N) is 1. The largest absolute Gasteiger partial charge is 0.377 e. The predicted molar refractivity (Wildman–Crippen MR) is 68.9 cm³/mol. The van der Waals surface area contributed by atoms with E-state index in [4.69, 9.17) is 16.9 Å². The smallest absolute Gasteiger partial charge is 0.147 e. The van der Waals surface area contributed by atoms with Crippen LogP contribution in [0.4, 0.5) is 10.1 Å². The summed E-state index contributed by atoms with van der Waals surface area (Å²) in [5, 5.41) is 12.1. The summed E-state index contributed by atoms with van der Waals surface area (Å²) in [6, 6.07) is 8.35. The van der Waals surface area contributed by atoms with Gasteiger partial charge in [-0.15, -0.1) is 0 Å². The molecular weight excluding hydrogens is 253 g/mol. The van der Waals surface area contributed by atoms with Gasteiger partial charge in [0.05, 0.1) is 10.7 Å². The molecule has 2 rings (SSSR count). The van der Waals surface area contributed by atoms with E-state index in [1.54, 1.807) is 29.8 Å². The van der Waals surface area contributed by atoms with Crippen molar-refractivity contribution in [3.63, 3.8) is 0 Å². The topological polar surface area (TPSA) is 40.8 Å². The fraction of sp³-hybridized carbons (Fsp3) is 0.154. The van der Waals surface area contributed by atoms with Crippen LogP contribution in [0.3, 0.4) is 0 Å². The Labute approximate surface area is 109 Å². The fourth-order valence-corrected chi connectivity index (χ4v) is 1.93. The van der Waals surface area contributed by atoms with Crippen LogP contribution in [0, 0.1) is 17.1 Å². The summed E-state index contributed by atoms with van der Waals surface area (Å²) >= 11 is 5.90. The van der Waals surface area contributed by atoms with Gasteiger partial charge in [-0.2, -0.15) is 5.26 Å². The van der Waals surface area contributed by atoms with Gasteiger partial charge in [-0.05, 0) is 23.8 Å². The first-order valence-electron chi connectivity index (χ1n) is 5.35. The number of nitriles is 1. The summed E-state index contributed by atoms with van der Waals surface area (Å²) in [6.45, 7) is 0.413. The van der Waals surface area contributed by atoms with Gasteiger partial charge in [0.1, 0.15) is 17.6 Å². The average molecular weight is 264 g/mol. The fourth-order valence-electron chi connectivity index (χ4n) is 1.70. The lowest BCUT2D eigenvalue weighted by atomic mass is 10.2. The second kappa shape index (κ2) is 5.11. The molecule has 0 bridgehead atoms. The van der Waals surface area contributed by atoms with E-state index in [0.29, 0.717) is 17.3 Å². The summed E-state index contributed by atoms with van der Waals surface area (Å²) in [4.78, 5) is 0. The zero-order valence-corrected chi connectivity index (χ0v) is 10.5. The van der Waals surface area contributed by atoms with E-state index < -0.39 is 0 Å². The molecule has 0 aliphatic carbocycles. The highest BCUT2D eigenvalue weighted by Gasteiger charge is 2.07. The SMILES string of the molecule is Cn1cc(CNc2c(F)cccc2Cl)cc1C#N. The monoisotopic (exact) mass is 263 g/mol. The Morgan fingerprint density at radius 1 is 1.50 bits per heavy atom. The molecule has 0 saturated heterocycles. The Kier molecular flexibility index (Phi) is 3.54. The number of hydrogen-bond acceptors (Lipinski definition) is 2. The lowest BCUT2D eigenvalue weighted by Crippen LogP contribution is -2.01. The third kappa shape index (κ3) is 2.47. The van der Waals surface area contributed by atoms with Crippen molar-refractivity contribution in [1.82, 2.24) is 4.57 Å². The molecule has 92 valence electrons. The van der Waals surface area contributed by atoms with Crippen LogP contribution >= 0.6 is 11.6 Å². The van der Waals surface area contributed by atoms with Gasteiger partial charge >= 0.3 is 0 Å². The van der Waals surface area contributed by atoms with Crippen LogP contribution in [0.15, 0.2) is 30.5 Å². The molecule has 18 heavy (non-hydrogen) atoms. The van der Waals surface area contributed by atoms with E-state index in [1.807, 2.05) is 6.20 Å². The molecule has 1 aromatic carbocycles. The summed E-state index contributed by atoms with van der Waals surface area (Å²) in [5.41, 5.74) is 1.74. The van der Waals surface area contributed by atoms with Crippen molar-refractivity contribution in [2.75, 3.05) is 5.32 Å². The molecule has 0 saturated carbocycles. The number of benzene rings is 1. The van der Waals surface area contributed by atoms with Crippen molar-refractivity contribution >= 4 is 17.3 Å². The van der Waals surface area contributed by atoms with Crippen LogP contribution in [-0.2, 0) is 13.6 Å². The van der Waals surface area contributed by atoms with Crippen LogP contribution in [0.2, 0.25) is 5.02 Å². The Balaban J connectivity index is 2.14. The van der Waals surface area contributed by atoms with Crippen molar-refractivity contribution in [2.45, 2.75) is 6.54 Å². The lowest BCUT2D eigenvalue weighted by molar-refractivity contribution is 0.630. The average Bonchev–Trinajstić information content (AvgIpc) is 2.69. The Morgan fingerprint density at radius 2 is 2.28 bits per heavy atom. The van der Waals surface area contributed by atoms with E-state index in [0.717, 1.165) is 5.56 Å². The molecule has 0 aliphatic rings. The first-order chi connectivity index (χ1) is 8.61. The van der Waals surface area contributed by atoms with E-state index in [-0.39, 0.29) is 11.5 Å². The van der Waals surface area contributed by atoms with Crippen molar-refractivity contribution < 1.29 is 4.39 Å². The maximum absolute atomic E-state index is 13.5. The second-order valence-corrected chi connectivity index (χ2v) is 4.31. The van der Waals surface area contributed by atoms with E-state index in [1.165, 1.54) is 6.07 Å². The van der Waals surface area contributed by atoms with Gasteiger partial charge in [0.25, 0.3) is 0 Å². The number of nitrogens with zero attached hydrogens (tertiary/aromatic N) is 2. The van der Waals surface area contributed by atoms with Crippen molar-refractivity contribution in [2.24, 2.45) is 7.05 Å². The summed E-state index contributed by atoms with van der Waals surface area (Å²) < 4.78 is 15.2. The van der Waals surface area contributed by atoms with Crippen LogP contribution in [0.25, 0.3) is 0 Å². The van der Waals surface area contributed by atoms with Crippen molar-refractivity contribution in [3.05, 3.63) is 52.6 Å². The molecule has 1 aromatic heterocycles. The van der Waals surface area contributed by atoms with Gasteiger partial charge in [0.2, 0.25) is 0 Å². The molecule has 2 aromatic rings. The number of halogens is 2. The number of hydrogen-bond donors (Lipinski definition) is 1. The van der Waals surface area contributed by atoms with E-state index in [2.05, 4.69) is 11.4 Å². The maximum atomic E-state index is 13.5. The van der Waals surface area contributed by atoms with Gasteiger partial charge in [-0.3, -0.25) is 0 Å². The standard InChI is InChI=1S/C13H11ClFN3/c1-18-8-9(5-10(18)6-16)7-17-13-11(14)3-2-4-12(13)15/h2-5,8,17H,7H2,1H3. The van der Waals surface area contributed by atoms with Crippen molar-refractivity contribution in [1.29, 1.82) is 5.26 Å².